The Balaban J connectivity index is 2.30. The van der Waals surface area contributed by atoms with Gasteiger partial charge in [-0.3, -0.25) is 0 Å². The minimum Gasteiger partial charge on any atom is -0.376 e. The highest BCUT2D eigenvalue weighted by atomic mass is 16.5. The van der Waals surface area contributed by atoms with Gasteiger partial charge in [-0.05, 0) is 26.3 Å². The number of ether oxygens (including phenoxy) is 1. The van der Waals surface area contributed by atoms with Crippen LogP contribution in [0.15, 0.2) is 6.20 Å². The molecule has 1 atom stereocenters. The Bertz CT molecular complexity index is 396. The molecule has 1 aliphatic rings. The standard InChI is InChI=1S/C15H28N4O/c1-4-11-19-13(12-17-18-19)14(16-2)15(20-3)9-7-5-6-8-10-15/h12,14,16H,4-11H2,1-3H3. The lowest BCUT2D eigenvalue weighted by molar-refractivity contribution is -0.0543. The summed E-state index contributed by atoms with van der Waals surface area (Å²) in [5, 5.41) is 11.8. The summed E-state index contributed by atoms with van der Waals surface area (Å²) >= 11 is 0. The fourth-order valence-corrected chi connectivity index (χ4v) is 3.49. The Morgan fingerprint density at radius 1 is 1.35 bits per heavy atom. The Labute approximate surface area is 122 Å². The first kappa shape index (κ1) is 15.4. The van der Waals surface area contributed by atoms with Crippen molar-refractivity contribution in [3.05, 3.63) is 11.9 Å². The highest BCUT2D eigenvalue weighted by Gasteiger charge is 2.41. The molecule has 5 heteroatoms. The van der Waals surface area contributed by atoms with Gasteiger partial charge in [-0.2, -0.15) is 0 Å². The topological polar surface area (TPSA) is 52.0 Å². The summed E-state index contributed by atoms with van der Waals surface area (Å²) < 4.78 is 8.06. The largest absolute Gasteiger partial charge is 0.376 e. The molecule has 1 saturated carbocycles. The van der Waals surface area contributed by atoms with Crippen LogP contribution in [0.2, 0.25) is 0 Å². The Morgan fingerprint density at radius 3 is 2.60 bits per heavy atom. The van der Waals surface area contributed by atoms with Crippen LogP contribution in [0.3, 0.4) is 0 Å². The van der Waals surface area contributed by atoms with E-state index in [1.165, 1.54) is 25.7 Å². The third-order valence-electron chi connectivity index (χ3n) is 4.55. The SMILES string of the molecule is CCCn1nncc1C(NC)C1(OC)CCCCCC1. The molecule has 0 saturated heterocycles. The van der Waals surface area contributed by atoms with E-state index in [9.17, 15) is 0 Å². The summed E-state index contributed by atoms with van der Waals surface area (Å²) in [7, 11) is 3.86. The first-order valence-corrected chi connectivity index (χ1v) is 7.88. The van der Waals surface area contributed by atoms with Crippen LogP contribution >= 0.6 is 0 Å². The Morgan fingerprint density at radius 2 is 2.05 bits per heavy atom. The molecule has 1 N–H and O–H groups in total. The number of hydrogen-bond donors (Lipinski definition) is 1. The van der Waals surface area contributed by atoms with Crippen molar-refractivity contribution in [1.29, 1.82) is 0 Å². The van der Waals surface area contributed by atoms with Gasteiger partial charge >= 0.3 is 0 Å². The van der Waals surface area contributed by atoms with E-state index in [2.05, 4.69) is 22.6 Å². The second-order valence-corrected chi connectivity index (χ2v) is 5.79. The van der Waals surface area contributed by atoms with Gasteiger partial charge in [0.05, 0.1) is 23.5 Å². The van der Waals surface area contributed by atoms with Crippen LogP contribution in [0.25, 0.3) is 0 Å². The predicted molar refractivity (Wildman–Crippen MR) is 79.6 cm³/mol. The van der Waals surface area contributed by atoms with E-state index in [0.29, 0.717) is 0 Å². The summed E-state index contributed by atoms with van der Waals surface area (Å²) in [5.41, 5.74) is 1.02. The fraction of sp³-hybridized carbons (Fsp3) is 0.867. The molecule has 20 heavy (non-hydrogen) atoms. The molecule has 114 valence electrons. The van der Waals surface area contributed by atoms with Crippen LogP contribution in [0.4, 0.5) is 0 Å². The Kier molecular flexibility index (Phi) is 5.54. The lowest BCUT2D eigenvalue weighted by Crippen LogP contribution is -2.45. The van der Waals surface area contributed by atoms with Crippen molar-refractivity contribution in [3.63, 3.8) is 0 Å². The molecule has 0 spiro atoms. The third-order valence-corrected chi connectivity index (χ3v) is 4.55. The van der Waals surface area contributed by atoms with E-state index >= 15 is 0 Å². The molecule has 0 aromatic carbocycles. The molecule has 1 aliphatic carbocycles. The van der Waals surface area contributed by atoms with Crippen molar-refractivity contribution in [2.45, 2.75) is 70.1 Å². The van der Waals surface area contributed by atoms with Gasteiger partial charge in [0.1, 0.15) is 0 Å². The van der Waals surface area contributed by atoms with Crippen molar-refractivity contribution in [3.8, 4) is 0 Å². The van der Waals surface area contributed by atoms with Gasteiger partial charge in [-0.15, -0.1) is 5.10 Å². The molecule has 5 nitrogen and oxygen atoms in total. The minimum absolute atomic E-state index is 0.127. The maximum atomic E-state index is 6.04. The average molecular weight is 280 g/mol. The van der Waals surface area contributed by atoms with Gasteiger partial charge in [-0.1, -0.05) is 37.8 Å². The van der Waals surface area contributed by atoms with Gasteiger partial charge in [0.25, 0.3) is 0 Å². The van der Waals surface area contributed by atoms with Crippen LogP contribution in [0.5, 0.6) is 0 Å². The van der Waals surface area contributed by atoms with Crippen LogP contribution < -0.4 is 5.32 Å². The second-order valence-electron chi connectivity index (χ2n) is 5.79. The molecule has 1 aromatic heterocycles. The van der Waals surface area contributed by atoms with E-state index in [4.69, 9.17) is 4.74 Å². The molecular formula is C15H28N4O. The lowest BCUT2D eigenvalue weighted by Gasteiger charge is -2.39. The highest BCUT2D eigenvalue weighted by Crippen LogP contribution is 2.39. The minimum atomic E-state index is -0.127. The molecule has 2 rings (SSSR count). The zero-order chi connectivity index (χ0) is 14.4. The van der Waals surface area contributed by atoms with E-state index in [-0.39, 0.29) is 11.6 Å². The van der Waals surface area contributed by atoms with E-state index in [1.54, 1.807) is 0 Å². The summed E-state index contributed by atoms with van der Waals surface area (Å²) in [6.07, 6.45) is 10.3. The van der Waals surface area contributed by atoms with Gasteiger partial charge in [0.2, 0.25) is 0 Å². The van der Waals surface area contributed by atoms with E-state index < -0.39 is 0 Å². The lowest BCUT2D eigenvalue weighted by atomic mass is 9.84. The second kappa shape index (κ2) is 7.18. The highest BCUT2D eigenvalue weighted by molar-refractivity contribution is 5.11. The first-order chi connectivity index (χ1) is 9.77. The molecule has 1 aromatic rings. The molecule has 0 radical (unpaired) electrons. The number of hydrogen-bond acceptors (Lipinski definition) is 4. The third kappa shape index (κ3) is 3.04. The first-order valence-electron chi connectivity index (χ1n) is 7.88. The number of aryl methyl sites for hydroxylation is 1. The summed E-state index contributed by atoms with van der Waals surface area (Å²) in [4.78, 5) is 0. The van der Waals surface area contributed by atoms with Gasteiger partial charge in [0, 0.05) is 13.7 Å². The number of likely N-dealkylation sites (N-methyl/N-ethyl adjacent to an activating group) is 1. The van der Waals surface area contributed by atoms with Crippen molar-refractivity contribution >= 4 is 0 Å². The zero-order valence-electron chi connectivity index (χ0n) is 13.1. The summed E-state index contributed by atoms with van der Waals surface area (Å²) in [5.74, 6) is 0. The molecule has 0 bridgehead atoms. The number of nitrogens with zero attached hydrogens (tertiary/aromatic N) is 3. The molecular weight excluding hydrogens is 252 g/mol. The number of nitrogens with one attached hydrogen (secondary N) is 1. The fourth-order valence-electron chi connectivity index (χ4n) is 3.49. The normalized spacial score (nSPS) is 20.6. The van der Waals surface area contributed by atoms with Crippen LogP contribution in [0.1, 0.15) is 63.6 Å². The van der Waals surface area contributed by atoms with Crippen LogP contribution in [0, 0.1) is 0 Å². The predicted octanol–water partition coefficient (Wildman–Crippen LogP) is 2.69. The average Bonchev–Trinajstić information content (AvgIpc) is 2.77. The maximum Gasteiger partial charge on any atom is 0.0888 e. The van der Waals surface area contributed by atoms with Crippen molar-refractivity contribution in [2.75, 3.05) is 14.2 Å². The van der Waals surface area contributed by atoms with Crippen molar-refractivity contribution < 1.29 is 4.74 Å². The molecule has 0 amide bonds. The van der Waals surface area contributed by atoms with E-state index in [0.717, 1.165) is 31.5 Å². The van der Waals surface area contributed by atoms with Crippen molar-refractivity contribution in [1.82, 2.24) is 20.3 Å². The molecule has 1 heterocycles. The molecule has 1 fully saturated rings. The monoisotopic (exact) mass is 280 g/mol. The van der Waals surface area contributed by atoms with Crippen LogP contribution in [-0.4, -0.2) is 34.8 Å². The zero-order valence-corrected chi connectivity index (χ0v) is 13.1. The summed E-state index contributed by atoms with van der Waals surface area (Å²) in [6, 6.07) is 0.159. The molecule has 1 unspecified atom stereocenters. The Hall–Kier alpha value is -0.940. The molecule has 0 aliphatic heterocycles. The van der Waals surface area contributed by atoms with Gasteiger partial charge in [0.15, 0.2) is 0 Å². The van der Waals surface area contributed by atoms with Gasteiger partial charge < -0.3 is 10.1 Å². The maximum absolute atomic E-state index is 6.04. The van der Waals surface area contributed by atoms with Gasteiger partial charge in [-0.25, -0.2) is 4.68 Å². The number of methoxy groups -OCH3 is 1. The number of aromatic nitrogens is 3. The smallest absolute Gasteiger partial charge is 0.0888 e. The number of rotatable bonds is 6. The van der Waals surface area contributed by atoms with Crippen molar-refractivity contribution in [2.24, 2.45) is 0 Å². The van der Waals surface area contributed by atoms with Crippen LogP contribution in [-0.2, 0) is 11.3 Å². The summed E-state index contributed by atoms with van der Waals surface area (Å²) in [6.45, 7) is 3.07. The van der Waals surface area contributed by atoms with E-state index in [1.807, 2.05) is 25.0 Å². The quantitative estimate of drug-likeness (QED) is 0.814.